The molecular formula is C15H22BrNO. The molecule has 1 aromatic carbocycles. The number of hydrogen-bond donors (Lipinski definition) is 2. The smallest absolute Gasteiger partial charge is 0.120 e. The van der Waals surface area contributed by atoms with Crippen LogP contribution in [0, 0.1) is 5.92 Å². The Morgan fingerprint density at radius 2 is 2.17 bits per heavy atom. The van der Waals surface area contributed by atoms with Gasteiger partial charge in [0.15, 0.2) is 0 Å². The van der Waals surface area contributed by atoms with E-state index in [0.29, 0.717) is 11.8 Å². The van der Waals surface area contributed by atoms with Gasteiger partial charge in [-0.25, -0.2) is 0 Å². The number of rotatable bonds is 5. The first-order valence-electron chi connectivity index (χ1n) is 6.86. The Labute approximate surface area is 118 Å². The van der Waals surface area contributed by atoms with Crippen LogP contribution in [0.2, 0.25) is 0 Å². The third-order valence-electron chi connectivity index (χ3n) is 4.09. The van der Waals surface area contributed by atoms with E-state index in [1.165, 1.54) is 19.3 Å². The number of hydrogen-bond acceptors (Lipinski definition) is 2. The summed E-state index contributed by atoms with van der Waals surface area (Å²) in [6, 6.07) is 6.42. The molecule has 2 unspecified atom stereocenters. The Hall–Kier alpha value is -0.540. The van der Waals surface area contributed by atoms with Crippen LogP contribution in [0.15, 0.2) is 22.7 Å². The Morgan fingerprint density at radius 3 is 2.72 bits per heavy atom. The highest BCUT2D eigenvalue weighted by Gasteiger charge is 2.26. The minimum absolute atomic E-state index is 0.234. The molecule has 2 N–H and O–H groups in total. The molecule has 1 aromatic rings. The van der Waals surface area contributed by atoms with Crippen LogP contribution < -0.4 is 5.32 Å². The van der Waals surface area contributed by atoms with Crippen LogP contribution in [-0.4, -0.2) is 11.1 Å². The molecule has 2 nitrogen and oxygen atoms in total. The summed E-state index contributed by atoms with van der Waals surface area (Å²) in [6.45, 7) is 4.42. The largest absolute Gasteiger partial charge is 0.508 e. The van der Waals surface area contributed by atoms with Crippen LogP contribution in [0.25, 0.3) is 0 Å². The standard InChI is InChI=1S/C15H22BrNO/c1-3-14(17-10(2)11-5-4-6-11)13-9-12(16)7-8-15(13)18/h7-11,14,17-18H,3-6H2,1-2H3. The first-order chi connectivity index (χ1) is 8.61. The zero-order valence-corrected chi connectivity index (χ0v) is 12.7. The lowest BCUT2D eigenvalue weighted by atomic mass is 9.80. The molecule has 2 rings (SSSR count). The van der Waals surface area contributed by atoms with Crippen molar-refractivity contribution in [2.24, 2.45) is 5.92 Å². The molecule has 18 heavy (non-hydrogen) atoms. The molecule has 1 saturated carbocycles. The van der Waals surface area contributed by atoms with E-state index in [-0.39, 0.29) is 6.04 Å². The maximum absolute atomic E-state index is 10.00. The topological polar surface area (TPSA) is 32.3 Å². The Balaban J connectivity index is 2.09. The van der Waals surface area contributed by atoms with Crippen molar-refractivity contribution >= 4 is 15.9 Å². The van der Waals surface area contributed by atoms with E-state index >= 15 is 0 Å². The van der Waals surface area contributed by atoms with Crippen molar-refractivity contribution < 1.29 is 5.11 Å². The molecule has 2 atom stereocenters. The molecule has 100 valence electrons. The number of phenols is 1. The predicted octanol–water partition coefficient (Wildman–Crippen LogP) is 4.38. The van der Waals surface area contributed by atoms with Crippen molar-refractivity contribution in [2.45, 2.75) is 51.6 Å². The summed E-state index contributed by atoms with van der Waals surface area (Å²) in [7, 11) is 0. The molecule has 0 radical (unpaired) electrons. The van der Waals surface area contributed by atoms with Crippen molar-refractivity contribution in [1.29, 1.82) is 0 Å². The lowest BCUT2D eigenvalue weighted by Gasteiger charge is -2.34. The highest BCUT2D eigenvalue weighted by Crippen LogP contribution is 2.33. The summed E-state index contributed by atoms with van der Waals surface area (Å²) >= 11 is 3.47. The van der Waals surface area contributed by atoms with Crippen molar-refractivity contribution in [3.8, 4) is 5.75 Å². The average Bonchev–Trinajstić information content (AvgIpc) is 2.27. The third-order valence-corrected chi connectivity index (χ3v) is 4.59. The molecule has 0 aromatic heterocycles. The summed E-state index contributed by atoms with van der Waals surface area (Å²) in [5.41, 5.74) is 0.998. The van der Waals surface area contributed by atoms with Gasteiger partial charge in [-0.15, -0.1) is 0 Å². The first-order valence-corrected chi connectivity index (χ1v) is 7.65. The van der Waals surface area contributed by atoms with Gasteiger partial charge in [0.1, 0.15) is 5.75 Å². The average molecular weight is 312 g/mol. The molecule has 0 bridgehead atoms. The van der Waals surface area contributed by atoms with Gasteiger partial charge in [-0.3, -0.25) is 0 Å². The van der Waals surface area contributed by atoms with Gasteiger partial charge in [0.05, 0.1) is 0 Å². The van der Waals surface area contributed by atoms with Crippen LogP contribution in [0.1, 0.15) is 51.1 Å². The summed E-state index contributed by atoms with van der Waals surface area (Å²) in [4.78, 5) is 0. The molecule has 1 aliphatic rings. The van der Waals surface area contributed by atoms with E-state index < -0.39 is 0 Å². The predicted molar refractivity (Wildman–Crippen MR) is 78.8 cm³/mol. The quantitative estimate of drug-likeness (QED) is 0.845. The number of aromatic hydroxyl groups is 1. The molecule has 0 aliphatic heterocycles. The molecule has 1 fully saturated rings. The van der Waals surface area contributed by atoms with Crippen molar-refractivity contribution in [1.82, 2.24) is 5.32 Å². The summed E-state index contributed by atoms with van der Waals surface area (Å²) < 4.78 is 1.02. The van der Waals surface area contributed by atoms with Crippen LogP contribution in [0.4, 0.5) is 0 Å². The second-order valence-corrected chi connectivity index (χ2v) is 6.23. The Bertz CT molecular complexity index is 403. The molecule has 3 heteroatoms. The lowest BCUT2D eigenvalue weighted by Crippen LogP contribution is -2.39. The van der Waals surface area contributed by atoms with Gasteiger partial charge in [0, 0.05) is 22.1 Å². The molecule has 1 aliphatic carbocycles. The minimum atomic E-state index is 0.234. The highest BCUT2D eigenvalue weighted by molar-refractivity contribution is 9.10. The van der Waals surface area contributed by atoms with Gasteiger partial charge in [-0.05, 0) is 50.3 Å². The second-order valence-electron chi connectivity index (χ2n) is 5.31. The Morgan fingerprint density at radius 1 is 1.44 bits per heavy atom. The van der Waals surface area contributed by atoms with Crippen LogP contribution in [-0.2, 0) is 0 Å². The van der Waals surface area contributed by atoms with Gasteiger partial charge >= 0.3 is 0 Å². The maximum Gasteiger partial charge on any atom is 0.120 e. The molecular weight excluding hydrogens is 290 g/mol. The SMILES string of the molecule is CCC(NC(C)C1CCC1)c1cc(Br)ccc1O. The van der Waals surface area contributed by atoms with Crippen LogP contribution in [0.3, 0.4) is 0 Å². The normalized spacial score (nSPS) is 19.3. The second kappa shape index (κ2) is 6.07. The van der Waals surface area contributed by atoms with E-state index in [1.54, 1.807) is 6.07 Å². The number of nitrogens with one attached hydrogen (secondary N) is 1. The van der Waals surface area contributed by atoms with Crippen LogP contribution in [0.5, 0.6) is 5.75 Å². The summed E-state index contributed by atoms with van der Waals surface area (Å²) in [5, 5.41) is 13.7. The zero-order chi connectivity index (χ0) is 13.1. The van der Waals surface area contributed by atoms with Crippen molar-refractivity contribution in [3.63, 3.8) is 0 Å². The van der Waals surface area contributed by atoms with Crippen LogP contribution >= 0.6 is 15.9 Å². The van der Waals surface area contributed by atoms with Gasteiger partial charge in [-0.2, -0.15) is 0 Å². The fourth-order valence-corrected chi connectivity index (χ4v) is 3.00. The number of halogens is 1. The van der Waals surface area contributed by atoms with Gasteiger partial charge in [0.25, 0.3) is 0 Å². The summed E-state index contributed by atoms with van der Waals surface area (Å²) in [5.74, 6) is 1.20. The third kappa shape index (κ3) is 3.07. The van der Waals surface area contributed by atoms with E-state index in [0.717, 1.165) is 22.4 Å². The van der Waals surface area contributed by atoms with E-state index in [4.69, 9.17) is 0 Å². The first kappa shape index (κ1) is 13.9. The number of phenolic OH excluding ortho intramolecular Hbond substituents is 1. The monoisotopic (exact) mass is 311 g/mol. The fraction of sp³-hybridized carbons (Fsp3) is 0.600. The van der Waals surface area contributed by atoms with Gasteiger partial charge in [0.2, 0.25) is 0 Å². The number of benzene rings is 1. The summed E-state index contributed by atoms with van der Waals surface area (Å²) in [6.07, 6.45) is 5.04. The van der Waals surface area contributed by atoms with E-state index in [1.807, 2.05) is 12.1 Å². The van der Waals surface area contributed by atoms with Gasteiger partial charge in [-0.1, -0.05) is 29.3 Å². The zero-order valence-electron chi connectivity index (χ0n) is 11.1. The Kier molecular flexibility index (Phi) is 4.68. The lowest BCUT2D eigenvalue weighted by molar-refractivity contribution is 0.224. The molecule has 0 spiro atoms. The van der Waals surface area contributed by atoms with Gasteiger partial charge < -0.3 is 10.4 Å². The van der Waals surface area contributed by atoms with Crippen molar-refractivity contribution in [2.75, 3.05) is 0 Å². The maximum atomic E-state index is 10.00. The van der Waals surface area contributed by atoms with E-state index in [9.17, 15) is 5.11 Å². The fourth-order valence-electron chi connectivity index (χ4n) is 2.63. The molecule has 0 heterocycles. The highest BCUT2D eigenvalue weighted by atomic mass is 79.9. The van der Waals surface area contributed by atoms with Crippen molar-refractivity contribution in [3.05, 3.63) is 28.2 Å². The molecule has 0 amide bonds. The molecule has 0 saturated heterocycles. The minimum Gasteiger partial charge on any atom is -0.508 e. The van der Waals surface area contributed by atoms with E-state index in [2.05, 4.69) is 35.1 Å².